The maximum atomic E-state index is 10.6. The number of nitrogens with zero attached hydrogens (tertiary/aromatic N) is 1. The number of methoxy groups -OCH3 is 1. The van der Waals surface area contributed by atoms with Gasteiger partial charge in [-0.2, -0.15) is 0 Å². The molecule has 3 atom stereocenters. The Kier molecular flexibility index (Phi) is 3.01. The molecule has 3 unspecified atom stereocenters. The second kappa shape index (κ2) is 4.44. The molecule has 102 valence electrons. The first-order valence-corrected chi connectivity index (χ1v) is 6.83. The summed E-state index contributed by atoms with van der Waals surface area (Å²) in [6.45, 7) is 0. The van der Waals surface area contributed by atoms with Crippen molar-refractivity contribution < 1.29 is 9.84 Å². The van der Waals surface area contributed by atoms with Gasteiger partial charge in [-0.05, 0) is 49.7 Å². The summed E-state index contributed by atoms with van der Waals surface area (Å²) in [5, 5.41) is 10.6. The van der Waals surface area contributed by atoms with Gasteiger partial charge in [-0.1, -0.05) is 24.3 Å². The van der Waals surface area contributed by atoms with Crippen molar-refractivity contribution in [3.63, 3.8) is 0 Å². The maximum absolute atomic E-state index is 10.6. The number of rotatable bonds is 2. The maximum Gasteiger partial charge on any atom is 0.192 e. The van der Waals surface area contributed by atoms with Gasteiger partial charge >= 0.3 is 0 Å². The molecule has 3 nitrogen and oxygen atoms in total. The molecule has 0 amide bonds. The first-order valence-electron chi connectivity index (χ1n) is 6.83. The van der Waals surface area contributed by atoms with E-state index in [1.807, 2.05) is 6.08 Å². The topological polar surface area (TPSA) is 32.7 Å². The average molecular weight is 259 g/mol. The number of aliphatic hydroxyl groups is 1. The van der Waals surface area contributed by atoms with E-state index < -0.39 is 5.79 Å². The number of ether oxygens (including phenoxy) is 1. The third-order valence-corrected chi connectivity index (χ3v) is 4.56. The van der Waals surface area contributed by atoms with Gasteiger partial charge < -0.3 is 14.7 Å². The Morgan fingerprint density at radius 1 is 1.32 bits per heavy atom. The van der Waals surface area contributed by atoms with Crippen LogP contribution >= 0.6 is 0 Å². The van der Waals surface area contributed by atoms with Crippen LogP contribution in [0.25, 0.3) is 6.08 Å². The number of hydrogen-bond donors (Lipinski definition) is 1. The largest absolute Gasteiger partial charge is 0.362 e. The van der Waals surface area contributed by atoms with Crippen LogP contribution in [0, 0.1) is 0 Å². The molecule has 3 heteroatoms. The van der Waals surface area contributed by atoms with E-state index in [1.165, 1.54) is 16.7 Å². The average Bonchev–Trinajstić information content (AvgIpc) is 2.42. The van der Waals surface area contributed by atoms with Crippen molar-refractivity contribution in [2.75, 3.05) is 21.2 Å². The highest BCUT2D eigenvalue weighted by molar-refractivity contribution is 5.63. The zero-order chi connectivity index (χ0) is 13.6. The molecule has 2 aliphatic carbocycles. The van der Waals surface area contributed by atoms with Crippen molar-refractivity contribution in [2.24, 2.45) is 0 Å². The minimum absolute atomic E-state index is 0.0462. The van der Waals surface area contributed by atoms with Gasteiger partial charge in [0, 0.05) is 19.1 Å². The van der Waals surface area contributed by atoms with Crippen LogP contribution < -0.4 is 0 Å². The number of hydrogen-bond acceptors (Lipinski definition) is 3. The van der Waals surface area contributed by atoms with E-state index in [-0.39, 0.29) is 5.92 Å². The molecule has 2 aliphatic rings. The van der Waals surface area contributed by atoms with Gasteiger partial charge in [0.05, 0.1) is 0 Å². The lowest BCUT2D eigenvalue weighted by molar-refractivity contribution is -0.167. The summed E-state index contributed by atoms with van der Waals surface area (Å²) >= 11 is 0. The zero-order valence-corrected chi connectivity index (χ0v) is 11.8. The molecule has 1 aromatic rings. The summed E-state index contributed by atoms with van der Waals surface area (Å²) < 4.78 is 5.38. The van der Waals surface area contributed by atoms with E-state index in [0.717, 1.165) is 12.8 Å². The summed E-state index contributed by atoms with van der Waals surface area (Å²) in [6.07, 6.45) is 5.77. The van der Waals surface area contributed by atoms with Crippen molar-refractivity contribution in [3.8, 4) is 0 Å². The fraction of sp³-hybridized carbons (Fsp3) is 0.500. The van der Waals surface area contributed by atoms with Crippen molar-refractivity contribution in [3.05, 3.63) is 41.0 Å². The third kappa shape index (κ3) is 1.84. The highest BCUT2D eigenvalue weighted by atomic mass is 16.6. The molecule has 0 saturated heterocycles. The van der Waals surface area contributed by atoms with Gasteiger partial charge in [0.25, 0.3) is 0 Å². The van der Waals surface area contributed by atoms with Gasteiger partial charge in [0.1, 0.15) is 0 Å². The Morgan fingerprint density at radius 2 is 2.11 bits per heavy atom. The van der Waals surface area contributed by atoms with Crippen LogP contribution in [0.2, 0.25) is 0 Å². The molecule has 0 heterocycles. The molecule has 3 rings (SSSR count). The van der Waals surface area contributed by atoms with Gasteiger partial charge in [0.2, 0.25) is 0 Å². The van der Waals surface area contributed by atoms with Crippen molar-refractivity contribution >= 4 is 6.08 Å². The predicted molar refractivity (Wildman–Crippen MR) is 75.8 cm³/mol. The van der Waals surface area contributed by atoms with E-state index >= 15 is 0 Å². The van der Waals surface area contributed by atoms with E-state index in [9.17, 15) is 5.11 Å². The first kappa shape index (κ1) is 12.9. The Morgan fingerprint density at radius 3 is 2.79 bits per heavy atom. The Labute approximate surface area is 114 Å². The highest BCUT2D eigenvalue weighted by Crippen LogP contribution is 2.49. The Balaban J connectivity index is 2.17. The highest BCUT2D eigenvalue weighted by Gasteiger charge is 2.43. The lowest BCUT2D eigenvalue weighted by atomic mass is 9.71. The van der Waals surface area contributed by atoms with Crippen molar-refractivity contribution in [2.45, 2.75) is 30.6 Å². The van der Waals surface area contributed by atoms with Gasteiger partial charge in [-0.3, -0.25) is 0 Å². The monoisotopic (exact) mass is 259 g/mol. The molecule has 0 bridgehead atoms. The van der Waals surface area contributed by atoms with Crippen LogP contribution in [0.3, 0.4) is 0 Å². The minimum atomic E-state index is -1.15. The van der Waals surface area contributed by atoms with Crippen LogP contribution in [-0.2, 0) is 4.74 Å². The van der Waals surface area contributed by atoms with Gasteiger partial charge in [-0.25, -0.2) is 0 Å². The van der Waals surface area contributed by atoms with E-state index in [1.54, 1.807) is 13.2 Å². The Hall–Kier alpha value is -1.16. The van der Waals surface area contributed by atoms with Gasteiger partial charge in [-0.15, -0.1) is 0 Å². The van der Waals surface area contributed by atoms with Gasteiger partial charge in [0.15, 0.2) is 5.79 Å². The molecule has 0 radical (unpaired) electrons. The lowest BCUT2D eigenvalue weighted by Crippen LogP contribution is -2.42. The molecule has 0 spiro atoms. The minimum Gasteiger partial charge on any atom is -0.362 e. The normalized spacial score (nSPS) is 32.5. The zero-order valence-electron chi connectivity index (χ0n) is 11.8. The second-order valence-electron chi connectivity index (χ2n) is 5.75. The molecule has 19 heavy (non-hydrogen) atoms. The summed E-state index contributed by atoms with van der Waals surface area (Å²) in [6, 6.07) is 6.84. The fourth-order valence-electron chi connectivity index (χ4n) is 3.55. The molecular weight excluding hydrogens is 238 g/mol. The summed E-state index contributed by atoms with van der Waals surface area (Å²) in [7, 11) is 5.81. The standard InChI is InChI=1S/C16H21NO2/c1-17(2)14-8-7-13-15-11(5-4-6-12(14)15)9-10-16(13,18)19-3/h4-6,9-10,13-14,18H,7-8H2,1-3H3. The summed E-state index contributed by atoms with van der Waals surface area (Å²) in [4.78, 5) is 2.26. The van der Waals surface area contributed by atoms with E-state index in [0.29, 0.717) is 6.04 Å². The summed E-state index contributed by atoms with van der Waals surface area (Å²) in [5.74, 6) is -1.11. The second-order valence-corrected chi connectivity index (χ2v) is 5.75. The molecule has 1 aromatic carbocycles. The summed E-state index contributed by atoms with van der Waals surface area (Å²) in [5.41, 5.74) is 3.81. The van der Waals surface area contributed by atoms with Crippen LogP contribution in [0.1, 0.15) is 41.5 Å². The van der Waals surface area contributed by atoms with Crippen LogP contribution in [0.5, 0.6) is 0 Å². The molecule has 0 fully saturated rings. The Bertz CT molecular complexity index is 523. The van der Waals surface area contributed by atoms with Crippen molar-refractivity contribution in [1.82, 2.24) is 4.90 Å². The predicted octanol–water partition coefficient (Wildman–Crippen LogP) is 2.53. The molecule has 1 N–H and O–H groups in total. The quantitative estimate of drug-likeness (QED) is 0.828. The molecule has 0 aliphatic heterocycles. The third-order valence-electron chi connectivity index (χ3n) is 4.56. The van der Waals surface area contributed by atoms with Crippen LogP contribution in [-0.4, -0.2) is 37.0 Å². The first-order chi connectivity index (χ1) is 9.07. The smallest absolute Gasteiger partial charge is 0.192 e. The SMILES string of the molecule is COC1(O)C=Cc2cccc3c2C1CCC3N(C)C. The lowest BCUT2D eigenvalue weighted by Gasteiger charge is -2.43. The van der Waals surface area contributed by atoms with E-state index in [2.05, 4.69) is 37.2 Å². The van der Waals surface area contributed by atoms with Crippen LogP contribution in [0.4, 0.5) is 0 Å². The molecular formula is C16H21NO2. The fourth-order valence-corrected chi connectivity index (χ4v) is 3.55. The molecule has 0 saturated carbocycles. The van der Waals surface area contributed by atoms with Crippen molar-refractivity contribution in [1.29, 1.82) is 0 Å². The molecule has 0 aromatic heterocycles. The van der Waals surface area contributed by atoms with E-state index in [4.69, 9.17) is 4.74 Å². The number of benzene rings is 1. The van der Waals surface area contributed by atoms with Crippen LogP contribution in [0.15, 0.2) is 24.3 Å².